The molecule has 0 aliphatic carbocycles. The van der Waals surface area contributed by atoms with E-state index in [4.69, 9.17) is 43.1 Å². The molecule has 2 N–H and O–H groups in total. The predicted octanol–water partition coefficient (Wildman–Crippen LogP) is 3.77. The lowest BCUT2D eigenvalue weighted by Crippen LogP contribution is -2.46. The highest BCUT2D eigenvalue weighted by Crippen LogP contribution is 2.42. The largest absolute Gasteiger partial charge is 0.493 e. The van der Waals surface area contributed by atoms with Gasteiger partial charge in [0.15, 0.2) is 11.5 Å². The van der Waals surface area contributed by atoms with Crippen molar-refractivity contribution in [3.05, 3.63) is 45.9 Å². The van der Waals surface area contributed by atoms with Crippen molar-refractivity contribution in [2.75, 3.05) is 38.3 Å². The molecule has 1 amide bonds. The molecule has 10 heteroatoms. The molecule has 2 aliphatic rings. The van der Waals surface area contributed by atoms with E-state index >= 15 is 0 Å². The van der Waals surface area contributed by atoms with E-state index in [1.807, 2.05) is 23.1 Å². The number of fused-ring (bicyclic) bond motifs is 1. The van der Waals surface area contributed by atoms with Crippen LogP contribution in [0.3, 0.4) is 0 Å². The Morgan fingerprint density at radius 3 is 2.78 bits per heavy atom. The molecule has 170 valence electrons. The molecule has 0 aromatic heterocycles. The Morgan fingerprint density at radius 2 is 2.06 bits per heavy atom. The topological polar surface area (TPSA) is 89.6 Å². The standard InChI is InChI=1S/C22H24Cl2N4O4/c1-13(29)27-5-6-31-15(10-27)11-32-21-9-19-16(8-20(21)30-2)22(25)26-12-28(19)14-3-4-17(23)18(24)7-14/h3-4,7-9,12,15,22H,5-6,10-11,25H2,1-2H3. The molecular formula is C22H24Cl2N4O4. The fraction of sp³-hybridized carbons (Fsp3) is 0.364. The lowest BCUT2D eigenvalue weighted by Gasteiger charge is -2.33. The number of methoxy groups -OCH3 is 1. The number of hydrogen-bond donors (Lipinski definition) is 1. The van der Waals surface area contributed by atoms with Gasteiger partial charge in [-0.05, 0) is 24.3 Å². The number of rotatable bonds is 5. The maximum Gasteiger partial charge on any atom is 0.219 e. The van der Waals surface area contributed by atoms with Gasteiger partial charge in [0.05, 0.1) is 42.3 Å². The molecule has 0 saturated carbocycles. The zero-order valence-electron chi connectivity index (χ0n) is 17.8. The first-order chi connectivity index (χ1) is 15.4. The average molecular weight is 479 g/mol. The normalized spacial score (nSPS) is 20.2. The van der Waals surface area contributed by atoms with Crippen LogP contribution in [0.2, 0.25) is 10.0 Å². The van der Waals surface area contributed by atoms with Crippen LogP contribution in [0.1, 0.15) is 18.7 Å². The van der Waals surface area contributed by atoms with Gasteiger partial charge < -0.3 is 29.7 Å². The number of aliphatic imine (C=N–C) groups is 1. The number of amides is 1. The summed E-state index contributed by atoms with van der Waals surface area (Å²) in [5, 5.41) is 0.899. The Labute approximate surface area is 196 Å². The monoisotopic (exact) mass is 478 g/mol. The number of halogens is 2. The first-order valence-electron chi connectivity index (χ1n) is 10.1. The second-order valence-electron chi connectivity index (χ2n) is 7.51. The lowest BCUT2D eigenvalue weighted by molar-refractivity contribution is -0.137. The molecular weight excluding hydrogens is 455 g/mol. The van der Waals surface area contributed by atoms with Gasteiger partial charge in [0, 0.05) is 30.8 Å². The summed E-state index contributed by atoms with van der Waals surface area (Å²) < 4.78 is 17.4. The molecule has 2 heterocycles. The molecule has 8 nitrogen and oxygen atoms in total. The average Bonchev–Trinajstić information content (AvgIpc) is 2.79. The van der Waals surface area contributed by atoms with Crippen molar-refractivity contribution >= 4 is 46.8 Å². The third kappa shape index (κ3) is 4.63. The lowest BCUT2D eigenvalue weighted by atomic mass is 10.1. The van der Waals surface area contributed by atoms with E-state index in [-0.39, 0.29) is 18.6 Å². The van der Waals surface area contributed by atoms with E-state index in [1.165, 1.54) is 0 Å². The summed E-state index contributed by atoms with van der Waals surface area (Å²) in [6.45, 7) is 3.37. The van der Waals surface area contributed by atoms with Gasteiger partial charge in [-0.15, -0.1) is 0 Å². The maximum absolute atomic E-state index is 11.7. The zero-order chi connectivity index (χ0) is 22.8. The van der Waals surface area contributed by atoms with E-state index in [0.717, 1.165) is 16.9 Å². The molecule has 0 spiro atoms. The fourth-order valence-corrected chi connectivity index (χ4v) is 3.99. The maximum atomic E-state index is 11.7. The number of hydrogen-bond acceptors (Lipinski definition) is 7. The van der Waals surface area contributed by atoms with Crippen molar-refractivity contribution < 1.29 is 19.0 Å². The number of nitrogens with zero attached hydrogens (tertiary/aromatic N) is 3. The van der Waals surface area contributed by atoms with Gasteiger partial charge in [-0.1, -0.05) is 23.2 Å². The molecule has 2 atom stereocenters. The van der Waals surface area contributed by atoms with Crippen molar-refractivity contribution in [2.24, 2.45) is 10.7 Å². The van der Waals surface area contributed by atoms with Gasteiger partial charge in [-0.3, -0.25) is 9.79 Å². The summed E-state index contributed by atoms with van der Waals surface area (Å²) >= 11 is 12.3. The summed E-state index contributed by atoms with van der Waals surface area (Å²) in [5.74, 6) is 1.09. The van der Waals surface area contributed by atoms with Gasteiger partial charge in [0.2, 0.25) is 5.91 Å². The Bertz CT molecular complexity index is 1050. The molecule has 0 radical (unpaired) electrons. The summed E-state index contributed by atoms with van der Waals surface area (Å²) in [4.78, 5) is 19.7. The van der Waals surface area contributed by atoms with E-state index in [9.17, 15) is 4.79 Å². The Kier molecular flexibility index (Phi) is 6.76. The van der Waals surface area contributed by atoms with E-state index in [1.54, 1.807) is 37.4 Å². The van der Waals surface area contributed by atoms with Gasteiger partial charge in [-0.25, -0.2) is 0 Å². The molecule has 2 unspecified atom stereocenters. The molecule has 32 heavy (non-hydrogen) atoms. The number of benzene rings is 2. The Morgan fingerprint density at radius 1 is 1.25 bits per heavy atom. The number of morpholine rings is 1. The molecule has 4 rings (SSSR count). The number of nitrogens with two attached hydrogens (primary N) is 1. The third-order valence-electron chi connectivity index (χ3n) is 5.42. The van der Waals surface area contributed by atoms with Crippen LogP contribution < -0.4 is 20.1 Å². The Balaban J connectivity index is 1.62. The van der Waals surface area contributed by atoms with Crippen LogP contribution in [-0.4, -0.2) is 56.7 Å². The predicted molar refractivity (Wildman–Crippen MR) is 125 cm³/mol. The molecule has 2 aromatic carbocycles. The first kappa shape index (κ1) is 22.7. The van der Waals surface area contributed by atoms with E-state index in [0.29, 0.717) is 41.2 Å². The number of carbonyl (C=O) groups excluding carboxylic acids is 1. The molecule has 2 aliphatic heterocycles. The van der Waals surface area contributed by atoms with Crippen LogP contribution in [0.25, 0.3) is 0 Å². The Hall–Kier alpha value is -2.52. The minimum atomic E-state index is -0.544. The van der Waals surface area contributed by atoms with Crippen LogP contribution >= 0.6 is 23.2 Å². The van der Waals surface area contributed by atoms with Gasteiger partial charge in [0.25, 0.3) is 0 Å². The van der Waals surface area contributed by atoms with Gasteiger partial charge >= 0.3 is 0 Å². The van der Waals surface area contributed by atoms with Crippen LogP contribution in [-0.2, 0) is 9.53 Å². The summed E-state index contributed by atoms with van der Waals surface area (Å²) in [5.41, 5.74) is 8.57. The number of carbonyl (C=O) groups is 1. The smallest absolute Gasteiger partial charge is 0.219 e. The third-order valence-corrected chi connectivity index (χ3v) is 6.16. The minimum absolute atomic E-state index is 0.0233. The van der Waals surface area contributed by atoms with Crippen LogP contribution in [0, 0.1) is 0 Å². The summed E-state index contributed by atoms with van der Waals surface area (Å²) in [7, 11) is 1.57. The second kappa shape index (κ2) is 9.54. The molecule has 0 bridgehead atoms. The van der Waals surface area contributed by atoms with E-state index in [2.05, 4.69) is 4.99 Å². The van der Waals surface area contributed by atoms with Crippen molar-refractivity contribution in [1.29, 1.82) is 0 Å². The highest BCUT2D eigenvalue weighted by Gasteiger charge is 2.26. The van der Waals surface area contributed by atoms with E-state index < -0.39 is 6.17 Å². The number of anilines is 2. The van der Waals surface area contributed by atoms with Crippen molar-refractivity contribution in [3.8, 4) is 11.5 Å². The highest BCUT2D eigenvalue weighted by molar-refractivity contribution is 6.42. The molecule has 2 aromatic rings. The molecule has 1 fully saturated rings. The molecule has 1 saturated heterocycles. The quantitative estimate of drug-likeness (QED) is 0.703. The van der Waals surface area contributed by atoms with Crippen LogP contribution in [0.5, 0.6) is 11.5 Å². The van der Waals surface area contributed by atoms with Crippen LogP contribution in [0.15, 0.2) is 35.3 Å². The summed E-state index contributed by atoms with van der Waals surface area (Å²) in [6.07, 6.45) is 0.874. The van der Waals surface area contributed by atoms with Crippen molar-refractivity contribution in [2.45, 2.75) is 19.2 Å². The van der Waals surface area contributed by atoms with Crippen molar-refractivity contribution in [1.82, 2.24) is 4.90 Å². The second-order valence-corrected chi connectivity index (χ2v) is 8.32. The SMILES string of the molecule is COc1cc2c(cc1OCC1CN(C(C)=O)CCO1)N(c1ccc(Cl)c(Cl)c1)C=NC2N. The van der Waals surface area contributed by atoms with Crippen molar-refractivity contribution in [3.63, 3.8) is 0 Å². The zero-order valence-corrected chi connectivity index (χ0v) is 19.3. The number of ether oxygens (including phenoxy) is 3. The summed E-state index contributed by atoms with van der Waals surface area (Å²) in [6, 6.07) is 9.00. The van der Waals surface area contributed by atoms with Gasteiger partial charge in [0.1, 0.15) is 18.9 Å². The van der Waals surface area contributed by atoms with Gasteiger partial charge in [-0.2, -0.15) is 0 Å². The fourth-order valence-electron chi connectivity index (χ4n) is 3.69. The first-order valence-corrected chi connectivity index (χ1v) is 10.9. The van der Waals surface area contributed by atoms with Crippen LogP contribution in [0.4, 0.5) is 11.4 Å². The minimum Gasteiger partial charge on any atom is -0.493 e. The highest BCUT2D eigenvalue weighted by atomic mass is 35.5.